The molecule has 0 radical (unpaired) electrons. The van der Waals surface area contributed by atoms with Crippen molar-refractivity contribution in [3.8, 4) is 17.1 Å². The van der Waals surface area contributed by atoms with E-state index in [1.165, 1.54) is 5.56 Å². The van der Waals surface area contributed by atoms with E-state index in [-0.39, 0.29) is 12.7 Å². The Hall–Kier alpha value is -1.89. The first-order valence-electron chi connectivity index (χ1n) is 9.34. The number of aliphatic hydroxyl groups is 1. The molecule has 6 heteroatoms. The molecule has 4 rings (SSSR count). The van der Waals surface area contributed by atoms with Gasteiger partial charge in [-0.1, -0.05) is 0 Å². The van der Waals surface area contributed by atoms with Crippen LogP contribution in [0.1, 0.15) is 24.4 Å². The molecule has 2 saturated heterocycles. The summed E-state index contributed by atoms with van der Waals surface area (Å²) in [6.07, 6.45) is 5.93. The number of imidazole rings is 1. The molecular weight excluding hydrogens is 330 g/mol. The number of aliphatic hydroxyl groups excluding tert-OH is 1. The van der Waals surface area contributed by atoms with Gasteiger partial charge in [-0.25, -0.2) is 4.98 Å². The molecule has 2 aliphatic rings. The largest absolute Gasteiger partial charge is 0.497 e. The molecule has 6 nitrogen and oxygen atoms in total. The Kier molecular flexibility index (Phi) is 4.98. The molecular formula is C20H27N3O3. The zero-order valence-electron chi connectivity index (χ0n) is 15.5. The molecule has 0 saturated carbocycles. The number of ether oxygens (including phenoxy) is 2. The quantitative estimate of drug-likeness (QED) is 0.889. The molecule has 1 aromatic carbocycles. The molecule has 0 spiro atoms. The first-order valence-corrected chi connectivity index (χ1v) is 9.34. The van der Waals surface area contributed by atoms with Gasteiger partial charge < -0.3 is 19.1 Å². The summed E-state index contributed by atoms with van der Waals surface area (Å²) in [6, 6.07) is 7.00. The van der Waals surface area contributed by atoms with Crippen molar-refractivity contribution in [2.75, 3.05) is 33.4 Å². The number of hydrogen-bond acceptors (Lipinski definition) is 5. The van der Waals surface area contributed by atoms with E-state index in [1.54, 1.807) is 7.11 Å². The van der Waals surface area contributed by atoms with Crippen LogP contribution in [0, 0.1) is 6.92 Å². The molecule has 0 unspecified atom stereocenters. The minimum absolute atomic E-state index is 0.154. The number of rotatable bonds is 5. The van der Waals surface area contributed by atoms with Crippen LogP contribution in [0.2, 0.25) is 0 Å². The van der Waals surface area contributed by atoms with Gasteiger partial charge in [0.25, 0.3) is 0 Å². The van der Waals surface area contributed by atoms with Gasteiger partial charge in [-0.05, 0) is 43.5 Å². The van der Waals surface area contributed by atoms with Gasteiger partial charge in [-0.2, -0.15) is 0 Å². The van der Waals surface area contributed by atoms with Crippen LogP contribution in [-0.4, -0.2) is 65.1 Å². The van der Waals surface area contributed by atoms with Gasteiger partial charge in [0, 0.05) is 49.7 Å². The average molecular weight is 357 g/mol. The summed E-state index contributed by atoms with van der Waals surface area (Å²) >= 11 is 0. The number of morpholine rings is 1. The maximum Gasteiger partial charge on any atom is 0.140 e. The second-order valence-electron chi connectivity index (χ2n) is 7.30. The van der Waals surface area contributed by atoms with Crippen molar-refractivity contribution in [1.29, 1.82) is 0 Å². The highest BCUT2D eigenvalue weighted by atomic mass is 16.5. The van der Waals surface area contributed by atoms with E-state index in [2.05, 4.69) is 39.7 Å². The molecule has 3 atom stereocenters. The lowest BCUT2D eigenvalue weighted by Gasteiger charge is -2.34. The highest BCUT2D eigenvalue weighted by Crippen LogP contribution is 2.35. The summed E-state index contributed by atoms with van der Waals surface area (Å²) in [6.45, 7) is 4.96. The van der Waals surface area contributed by atoms with Crippen molar-refractivity contribution in [2.45, 2.75) is 38.0 Å². The molecule has 140 valence electrons. The van der Waals surface area contributed by atoms with Gasteiger partial charge in [0.2, 0.25) is 0 Å². The van der Waals surface area contributed by atoms with E-state index in [1.807, 2.05) is 12.3 Å². The number of methoxy groups -OCH3 is 1. The van der Waals surface area contributed by atoms with Gasteiger partial charge in [0.05, 0.1) is 19.8 Å². The molecule has 3 heterocycles. The molecule has 0 aliphatic carbocycles. The Morgan fingerprint density at radius 1 is 1.31 bits per heavy atom. The number of benzene rings is 1. The topological polar surface area (TPSA) is 59.8 Å². The van der Waals surface area contributed by atoms with E-state index in [9.17, 15) is 0 Å². The Morgan fingerprint density at radius 2 is 2.19 bits per heavy atom. The van der Waals surface area contributed by atoms with Gasteiger partial charge in [-0.15, -0.1) is 0 Å². The number of aromatic nitrogens is 2. The lowest BCUT2D eigenvalue weighted by molar-refractivity contribution is -0.0567. The third-order valence-corrected chi connectivity index (χ3v) is 5.66. The maximum atomic E-state index is 9.17. The van der Waals surface area contributed by atoms with Crippen LogP contribution in [0.5, 0.6) is 5.75 Å². The van der Waals surface area contributed by atoms with Gasteiger partial charge in [0.15, 0.2) is 0 Å². The number of hydrogen-bond donors (Lipinski definition) is 1. The van der Waals surface area contributed by atoms with E-state index >= 15 is 0 Å². The number of nitrogens with zero attached hydrogens (tertiary/aromatic N) is 3. The van der Waals surface area contributed by atoms with Crippen LogP contribution in [0.4, 0.5) is 0 Å². The van der Waals surface area contributed by atoms with Crippen molar-refractivity contribution in [3.05, 3.63) is 36.2 Å². The zero-order chi connectivity index (χ0) is 18.1. The fraction of sp³-hybridized carbons (Fsp3) is 0.550. The average Bonchev–Trinajstić information content (AvgIpc) is 3.27. The van der Waals surface area contributed by atoms with Crippen LogP contribution in [0.25, 0.3) is 11.4 Å². The van der Waals surface area contributed by atoms with Crippen molar-refractivity contribution in [3.63, 3.8) is 0 Å². The molecule has 2 aromatic rings. The van der Waals surface area contributed by atoms with E-state index in [4.69, 9.17) is 14.6 Å². The number of aryl methyl sites for hydroxylation is 1. The summed E-state index contributed by atoms with van der Waals surface area (Å²) in [5.74, 6) is 1.89. The predicted octanol–water partition coefficient (Wildman–Crippen LogP) is 2.26. The number of fused-ring (bicyclic) bond motifs is 1. The Bertz CT molecular complexity index is 761. The smallest absolute Gasteiger partial charge is 0.140 e. The van der Waals surface area contributed by atoms with E-state index in [0.29, 0.717) is 12.1 Å². The van der Waals surface area contributed by atoms with Crippen molar-refractivity contribution >= 4 is 0 Å². The van der Waals surface area contributed by atoms with Crippen LogP contribution in [-0.2, 0) is 4.74 Å². The monoisotopic (exact) mass is 357 g/mol. The molecule has 1 N–H and O–H groups in total. The SMILES string of the molecule is COc1ccc(-c2nccn2[C@H]2C[C@H]3CO[C@@H](CCO)CN3C2)c(C)c1. The molecule has 2 aliphatic heterocycles. The Morgan fingerprint density at radius 3 is 2.96 bits per heavy atom. The molecule has 2 fully saturated rings. The summed E-state index contributed by atoms with van der Waals surface area (Å²) in [5, 5.41) is 9.17. The second-order valence-corrected chi connectivity index (χ2v) is 7.30. The lowest BCUT2D eigenvalue weighted by atomic mass is 10.1. The van der Waals surface area contributed by atoms with Crippen LogP contribution < -0.4 is 4.74 Å². The van der Waals surface area contributed by atoms with Crippen molar-refractivity contribution < 1.29 is 14.6 Å². The van der Waals surface area contributed by atoms with Gasteiger partial charge >= 0.3 is 0 Å². The summed E-state index contributed by atoms with van der Waals surface area (Å²) in [7, 11) is 1.69. The van der Waals surface area contributed by atoms with Crippen molar-refractivity contribution in [1.82, 2.24) is 14.5 Å². The normalized spacial score (nSPS) is 26.0. The lowest BCUT2D eigenvalue weighted by Crippen LogP contribution is -2.46. The fourth-order valence-corrected chi connectivity index (χ4v) is 4.27. The van der Waals surface area contributed by atoms with E-state index < -0.39 is 0 Å². The first-order chi connectivity index (χ1) is 12.7. The van der Waals surface area contributed by atoms with Gasteiger partial charge in [0.1, 0.15) is 11.6 Å². The van der Waals surface area contributed by atoms with Crippen LogP contribution in [0.15, 0.2) is 30.6 Å². The third-order valence-electron chi connectivity index (χ3n) is 5.66. The Labute approximate surface area is 154 Å². The second kappa shape index (κ2) is 7.39. The highest BCUT2D eigenvalue weighted by molar-refractivity contribution is 5.62. The summed E-state index contributed by atoms with van der Waals surface area (Å²) in [5.41, 5.74) is 2.31. The minimum Gasteiger partial charge on any atom is -0.497 e. The summed E-state index contributed by atoms with van der Waals surface area (Å²) in [4.78, 5) is 7.16. The van der Waals surface area contributed by atoms with E-state index in [0.717, 1.165) is 49.7 Å². The van der Waals surface area contributed by atoms with Crippen LogP contribution in [0.3, 0.4) is 0 Å². The molecule has 26 heavy (non-hydrogen) atoms. The van der Waals surface area contributed by atoms with Crippen LogP contribution >= 0.6 is 0 Å². The third kappa shape index (κ3) is 3.24. The molecule has 1 aromatic heterocycles. The minimum atomic E-state index is 0.154. The molecule has 0 amide bonds. The van der Waals surface area contributed by atoms with Gasteiger partial charge in [-0.3, -0.25) is 4.90 Å². The highest BCUT2D eigenvalue weighted by Gasteiger charge is 2.38. The predicted molar refractivity (Wildman–Crippen MR) is 99.4 cm³/mol. The first kappa shape index (κ1) is 17.5. The maximum absolute atomic E-state index is 9.17. The zero-order valence-corrected chi connectivity index (χ0v) is 15.5. The standard InChI is InChI=1S/C20H27N3O3/c1-14-9-17(25-2)3-4-19(14)20-21-6-7-23(20)15-10-16-13-26-18(5-8-24)12-22(16)11-15/h3-4,6-7,9,15-16,18,24H,5,8,10-13H2,1-2H3/t15-,16-,18-/m0/s1. The van der Waals surface area contributed by atoms with Crippen molar-refractivity contribution in [2.24, 2.45) is 0 Å². The Balaban J connectivity index is 1.55. The molecule has 0 bridgehead atoms. The summed E-state index contributed by atoms with van der Waals surface area (Å²) < 4.78 is 13.6. The fourth-order valence-electron chi connectivity index (χ4n) is 4.27.